The lowest BCUT2D eigenvalue weighted by Crippen LogP contribution is -2.21. The van der Waals surface area contributed by atoms with Crippen molar-refractivity contribution in [2.75, 3.05) is 25.6 Å². The van der Waals surface area contributed by atoms with Crippen LogP contribution in [0.1, 0.15) is 12.8 Å². The maximum atomic E-state index is 12.0. The van der Waals surface area contributed by atoms with Gasteiger partial charge in [0.2, 0.25) is 5.91 Å². The molecule has 0 aliphatic heterocycles. The molecule has 18 heavy (non-hydrogen) atoms. The maximum Gasteiger partial charge on any atom is 0.222 e. The molecule has 0 aliphatic rings. The molecule has 0 fully saturated rings. The van der Waals surface area contributed by atoms with Crippen molar-refractivity contribution in [2.45, 2.75) is 17.7 Å². The molecular formula is C12H17ClN2O2S. The minimum atomic E-state index is -1.22. The van der Waals surface area contributed by atoms with Gasteiger partial charge in [0, 0.05) is 37.0 Å². The topological polar surface area (TPSA) is 63.4 Å². The number of nitrogen functional groups attached to an aromatic ring is 1. The number of rotatable bonds is 5. The number of hydrogen-bond acceptors (Lipinski definition) is 3. The van der Waals surface area contributed by atoms with Crippen molar-refractivity contribution < 1.29 is 9.00 Å². The molecule has 0 aromatic heterocycles. The molecule has 1 unspecified atom stereocenters. The number of nitrogens with zero attached hydrogens (tertiary/aromatic N) is 1. The molecule has 0 radical (unpaired) electrons. The fraction of sp³-hybridized carbons (Fsp3) is 0.417. The van der Waals surface area contributed by atoms with E-state index in [9.17, 15) is 9.00 Å². The van der Waals surface area contributed by atoms with E-state index in [1.807, 2.05) is 0 Å². The summed E-state index contributed by atoms with van der Waals surface area (Å²) in [7, 11) is 2.19. The zero-order valence-corrected chi connectivity index (χ0v) is 12.1. The number of amides is 1. The molecule has 6 heteroatoms. The van der Waals surface area contributed by atoms with Crippen molar-refractivity contribution in [3.63, 3.8) is 0 Å². The fourth-order valence-corrected chi connectivity index (χ4v) is 2.85. The average molecular weight is 289 g/mol. The summed E-state index contributed by atoms with van der Waals surface area (Å²) in [6.07, 6.45) is 0.953. The molecule has 4 nitrogen and oxygen atoms in total. The van der Waals surface area contributed by atoms with Crippen LogP contribution in [0.3, 0.4) is 0 Å². The molecule has 0 bridgehead atoms. The molecule has 0 saturated carbocycles. The van der Waals surface area contributed by atoms with Crippen molar-refractivity contribution in [3.05, 3.63) is 23.2 Å². The Hall–Kier alpha value is -1.07. The molecular weight excluding hydrogens is 272 g/mol. The standard InChI is InChI=1S/C12H17ClN2O2S/c1-15(2)12(16)4-3-7-18(17)11-8-9(13)5-6-10(11)14/h5-6,8H,3-4,7,14H2,1-2H3. The Kier molecular flexibility index (Phi) is 5.62. The molecule has 1 aromatic rings. The van der Waals surface area contributed by atoms with Crippen molar-refractivity contribution >= 4 is 34.0 Å². The van der Waals surface area contributed by atoms with Crippen LogP contribution >= 0.6 is 11.6 Å². The molecule has 0 spiro atoms. The number of nitrogens with two attached hydrogens (primary N) is 1. The van der Waals surface area contributed by atoms with Crippen molar-refractivity contribution in [2.24, 2.45) is 0 Å². The van der Waals surface area contributed by atoms with Gasteiger partial charge >= 0.3 is 0 Å². The van der Waals surface area contributed by atoms with Crippen molar-refractivity contribution in [1.82, 2.24) is 4.90 Å². The van der Waals surface area contributed by atoms with E-state index in [0.717, 1.165) is 0 Å². The van der Waals surface area contributed by atoms with Gasteiger partial charge in [-0.15, -0.1) is 0 Å². The zero-order valence-electron chi connectivity index (χ0n) is 10.5. The van der Waals surface area contributed by atoms with E-state index in [1.165, 1.54) is 4.90 Å². The second-order valence-corrected chi connectivity index (χ2v) is 6.10. The summed E-state index contributed by atoms with van der Waals surface area (Å²) >= 11 is 5.84. The molecule has 1 atom stereocenters. The minimum Gasteiger partial charge on any atom is -0.398 e. The molecule has 100 valence electrons. The van der Waals surface area contributed by atoms with Crippen LogP contribution in [0.15, 0.2) is 23.1 Å². The predicted octanol–water partition coefficient (Wildman–Crippen LogP) is 1.90. The smallest absolute Gasteiger partial charge is 0.222 e. The second-order valence-electron chi connectivity index (χ2n) is 4.12. The van der Waals surface area contributed by atoms with E-state index in [0.29, 0.717) is 34.2 Å². The van der Waals surface area contributed by atoms with E-state index < -0.39 is 10.8 Å². The van der Waals surface area contributed by atoms with Gasteiger partial charge in [0.1, 0.15) is 0 Å². The lowest BCUT2D eigenvalue weighted by Gasteiger charge is -2.10. The first-order chi connectivity index (χ1) is 8.41. The van der Waals surface area contributed by atoms with Crippen LogP contribution in [0.25, 0.3) is 0 Å². The van der Waals surface area contributed by atoms with Gasteiger partial charge in [-0.25, -0.2) is 0 Å². The first-order valence-corrected chi connectivity index (χ1v) is 7.25. The fourth-order valence-electron chi connectivity index (χ4n) is 1.39. The Bertz CT molecular complexity index is 463. The Morgan fingerprint density at radius 3 is 2.72 bits per heavy atom. The van der Waals surface area contributed by atoms with Gasteiger partial charge in [0.05, 0.1) is 15.7 Å². The van der Waals surface area contributed by atoms with Gasteiger partial charge in [0.15, 0.2) is 0 Å². The van der Waals surface area contributed by atoms with E-state index in [2.05, 4.69) is 0 Å². The number of benzene rings is 1. The summed E-state index contributed by atoms with van der Waals surface area (Å²) in [6.45, 7) is 0. The Morgan fingerprint density at radius 2 is 2.11 bits per heavy atom. The third-order valence-electron chi connectivity index (χ3n) is 2.44. The summed E-state index contributed by atoms with van der Waals surface area (Å²) in [4.78, 5) is 13.4. The molecule has 0 aliphatic carbocycles. The molecule has 0 saturated heterocycles. The third kappa shape index (κ3) is 4.31. The predicted molar refractivity (Wildman–Crippen MR) is 75.1 cm³/mol. The first-order valence-electron chi connectivity index (χ1n) is 5.55. The highest BCUT2D eigenvalue weighted by Gasteiger charge is 2.10. The van der Waals surface area contributed by atoms with Gasteiger partial charge in [-0.2, -0.15) is 0 Å². The van der Waals surface area contributed by atoms with Crippen LogP contribution < -0.4 is 5.73 Å². The molecule has 1 rings (SSSR count). The van der Waals surface area contributed by atoms with Crippen LogP contribution in [-0.2, 0) is 15.6 Å². The van der Waals surface area contributed by atoms with E-state index in [-0.39, 0.29) is 5.91 Å². The van der Waals surface area contributed by atoms with Gasteiger partial charge in [-0.1, -0.05) is 11.6 Å². The minimum absolute atomic E-state index is 0.0334. The number of anilines is 1. The van der Waals surface area contributed by atoms with Crippen LogP contribution in [0.5, 0.6) is 0 Å². The number of carbonyl (C=O) groups excluding carboxylic acids is 1. The maximum absolute atomic E-state index is 12.0. The van der Waals surface area contributed by atoms with Gasteiger partial charge in [0.25, 0.3) is 0 Å². The second kappa shape index (κ2) is 6.75. The molecule has 1 aromatic carbocycles. The third-order valence-corrected chi connectivity index (χ3v) is 4.18. The van der Waals surface area contributed by atoms with Crippen LogP contribution in [-0.4, -0.2) is 34.9 Å². The van der Waals surface area contributed by atoms with E-state index in [1.54, 1.807) is 32.3 Å². The SMILES string of the molecule is CN(C)C(=O)CCCS(=O)c1cc(Cl)ccc1N. The van der Waals surface area contributed by atoms with Gasteiger partial charge in [-0.05, 0) is 24.6 Å². The van der Waals surface area contributed by atoms with Crippen LogP contribution in [0.2, 0.25) is 5.02 Å². The Labute approximate surface area is 115 Å². The van der Waals surface area contributed by atoms with Crippen molar-refractivity contribution in [1.29, 1.82) is 0 Å². The Balaban J connectivity index is 2.56. The highest BCUT2D eigenvalue weighted by atomic mass is 35.5. The highest BCUT2D eigenvalue weighted by Crippen LogP contribution is 2.21. The van der Waals surface area contributed by atoms with Gasteiger partial charge < -0.3 is 10.6 Å². The molecule has 0 heterocycles. The van der Waals surface area contributed by atoms with E-state index >= 15 is 0 Å². The quantitative estimate of drug-likeness (QED) is 0.842. The van der Waals surface area contributed by atoms with E-state index in [4.69, 9.17) is 17.3 Å². The molecule has 2 N–H and O–H groups in total. The summed E-state index contributed by atoms with van der Waals surface area (Å²) in [6, 6.07) is 4.91. The molecule has 1 amide bonds. The lowest BCUT2D eigenvalue weighted by molar-refractivity contribution is -0.128. The number of halogens is 1. The summed E-state index contributed by atoms with van der Waals surface area (Å²) in [5.74, 6) is 0.440. The van der Waals surface area contributed by atoms with Crippen LogP contribution in [0, 0.1) is 0 Å². The highest BCUT2D eigenvalue weighted by molar-refractivity contribution is 7.85. The van der Waals surface area contributed by atoms with Gasteiger partial charge in [-0.3, -0.25) is 9.00 Å². The monoisotopic (exact) mass is 288 g/mol. The largest absolute Gasteiger partial charge is 0.398 e. The Morgan fingerprint density at radius 1 is 1.44 bits per heavy atom. The number of carbonyl (C=O) groups is 1. The zero-order chi connectivity index (χ0) is 13.7. The van der Waals surface area contributed by atoms with Crippen molar-refractivity contribution in [3.8, 4) is 0 Å². The summed E-state index contributed by atoms with van der Waals surface area (Å²) in [5, 5.41) is 0.511. The first kappa shape index (κ1) is 15.0. The average Bonchev–Trinajstić information content (AvgIpc) is 2.31. The summed E-state index contributed by atoms with van der Waals surface area (Å²) < 4.78 is 12.0. The number of hydrogen-bond donors (Lipinski definition) is 1. The lowest BCUT2D eigenvalue weighted by atomic mass is 10.3. The summed E-state index contributed by atoms with van der Waals surface area (Å²) in [5.41, 5.74) is 6.21. The van der Waals surface area contributed by atoms with Crippen LogP contribution in [0.4, 0.5) is 5.69 Å². The normalized spacial score (nSPS) is 12.2.